The quantitative estimate of drug-likeness (QED) is 0.191. The van der Waals surface area contributed by atoms with Gasteiger partial charge in [-0.3, -0.25) is 9.59 Å². The zero-order chi connectivity index (χ0) is 28.2. The molecule has 1 fully saturated rings. The number of benzene rings is 4. The van der Waals surface area contributed by atoms with Crippen LogP contribution in [0.5, 0.6) is 11.5 Å². The fourth-order valence-electron chi connectivity index (χ4n) is 5.08. The molecule has 2 heterocycles. The Labute approximate surface area is 238 Å². The van der Waals surface area contributed by atoms with Gasteiger partial charge in [0.05, 0.1) is 6.10 Å². The first-order valence-corrected chi connectivity index (χ1v) is 13.8. The average Bonchev–Trinajstić information content (AvgIpc) is 3.47. The molecule has 4 aromatic carbocycles. The van der Waals surface area contributed by atoms with E-state index in [1.807, 2.05) is 79.0 Å². The molecule has 206 valence electrons. The molecule has 1 aromatic heterocycles. The predicted molar refractivity (Wildman–Crippen MR) is 161 cm³/mol. The van der Waals surface area contributed by atoms with Gasteiger partial charge in [0.15, 0.2) is 5.78 Å². The highest BCUT2D eigenvalue weighted by molar-refractivity contribution is 6.05. The van der Waals surface area contributed by atoms with E-state index in [0.29, 0.717) is 29.0 Å². The van der Waals surface area contributed by atoms with Crippen LogP contribution in [0.25, 0.3) is 10.9 Å². The first-order chi connectivity index (χ1) is 20.0. The number of rotatable bonds is 8. The third-order valence-electron chi connectivity index (χ3n) is 7.47. The number of nitrogens with one attached hydrogen (secondary N) is 2. The minimum absolute atomic E-state index is 0.0565. The molecule has 0 radical (unpaired) electrons. The van der Waals surface area contributed by atoms with Crippen LogP contribution in [-0.4, -0.2) is 41.0 Å². The number of aliphatic hydroxyl groups excluding tert-OH is 1. The minimum atomic E-state index is -0.208. The second-order valence-electron chi connectivity index (χ2n) is 10.4. The molecule has 0 spiro atoms. The zero-order valence-corrected chi connectivity index (χ0v) is 22.5. The topological polar surface area (TPSA) is 94.7 Å². The predicted octanol–water partition coefficient (Wildman–Crippen LogP) is 6.60. The van der Waals surface area contributed by atoms with E-state index in [-0.39, 0.29) is 17.8 Å². The van der Waals surface area contributed by atoms with Crippen molar-refractivity contribution in [3.8, 4) is 11.5 Å². The summed E-state index contributed by atoms with van der Waals surface area (Å²) in [7, 11) is 0. The maximum Gasteiger partial charge on any atom is 0.255 e. The number of ketones is 1. The summed E-state index contributed by atoms with van der Waals surface area (Å²) in [6.07, 6.45) is 3.51. The fourth-order valence-corrected chi connectivity index (χ4v) is 5.08. The number of ether oxygens (including phenoxy) is 1. The Morgan fingerprint density at radius 1 is 0.829 bits per heavy atom. The third-order valence-corrected chi connectivity index (χ3v) is 7.47. The molecule has 6 rings (SSSR count). The Balaban J connectivity index is 1.01. The minimum Gasteiger partial charge on any atom is -0.457 e. The second-order valence-corrected chi connectivity index (χ2v) is 10.4. The number of piperidine rings is 1. The number of nitrogens with zero attached hydrogens (tertiary/aromatic N) is 1. The van der Waals surface area contributed by atoms with Crippen molar-refractivity contribution in [2.45, 2.75) is 25.4 Å². The number of amides is 1. The van der Waals surface area contributed by atoms with Crippen molar-refractivity contribution in [3.05, 3.63) is 120 Å². The number of aromatic nitrogens is 1. The van der Waals surface area contributed by atoms with Crippen LogP contribution < -0.4 is 15.0 Å². The highest BCUT2D eigenvalue weighted by Crippen LogP contribution is 2.25. The maximum atomic E-state index is 12.9. The lowest BCUT2D eigenvalue weighted by atomic mass is 10.0. The van der Waals surface area contributed by atoms with E-state index in [4.69, 9.17) is 4.74 Å². The van der Waals surface area contributed by atoms with Gasteiger partial charge in [-0.2, -0.15) is 0 Å². The highest BCUT2D eigenvalue weighted by atomic mass is 16.5. The number of hydrogen-bond acceptors (Lipinski definition) is 5. The van der Waals surface area contributed by atoms with E-state index in [1.54, 1.807) is 24.3 Å². The molecule has 7 heteroatoms. The molecule has 3 N–H and O–H groups in total. The van der Waals surface area contributed by atoms with Crippen molar-refractivity contribution in [2.75, 3.05) is 23.3 Å². The SMILES string of the molecule is O=C(Cc1ccc(Oc2ccc(C(=O)Nc3ccc4cc[nH]c4c3)cc2)cc1)c1ccc(N2CCC(O)CC2)cc1. The standard InChI is InChI=1S/C34H31N3O4/c38-29-16-19-37(20-17-29)28-9-4-25(5-10-28)33(39)21-23-1-11-30(12-2-23)41-31-13-6-26(7-14-31)34(40)36-27-8-3-24-15-18-35-32(24)22-27/h1-15,18,22,29,35,38H,16-17,19-21H2,(H,36,40). The van der Waals surface area contributed by atoms with Gasteiger partial charge < -0.3 is 25.0 Å². The van der Waals surface area contributed by atoms with E-state index >= 15 is 0 Å². The van der Waals surface area contributed by atoms with E-state index in [0.717, 1.165) is 53.8 Å². The Hall–Kier alpha value is -4.88. The molecule has 0 unspecified atom stereocenters. The number of anilines is 2. The van der Waals surface area contributed by atoms with Gasteiger partial charge in [-0.1, -0.05) is 18.2 Å². The van der Waals surface area contributed by atoms with Crippen LogP contribution in [-0.2, 0) is 6.42 Å². The van der Waals surface area contributed by atoms with Crippen molar-refractivity contribution in [2.24, 2.45) is 0 Å². The summed E-state index contributed by atoms with van der Waals surface area (Å²) in [4.78, 5) is 30.9. The Morgan fingerprint density at radius 2 is 1.49 bits per heavy atom. The molecule has 0 saturated carbocycles. The summed E-state index contributed by atoms with van der Waals surface area (Å²) >= 11 is 0. The molecule has 5 aromatic rings. The summed E-state index contributed by atoms with van der Waals surface area (Å²) in [5.41, 5.74) is 4.88. The van der Waals surface area contributed by atoms with Crippen molar-refractivity contribution in [1.29, 1.82) is 0 Å². The zero-order valence-electron chi connectivity index (χ0n) is 22.5. The second kappa shape index (κ2) is 11.7. The van der Waals surface area contributed by atoms with Crippen molar-refractivity contribution >= 4 is 34.0 Å². The molecule has 41 heavy (non-hydrogen) atoms. The van der Waals surface area contributed by atoms with Gasteiger partial charge in [0.2, 0.25) is 0 Å². The largest absolute Gasteiger partial charge is 0.457 e. The molecular weight excluding hydrogens is 514 g/mol. The van der Waals surface area contributed by atoms with Gasteiger partial charge in [-0.15, -0.1) is 0 Å². The Bertz CT molecular complexity index is 1650. The van der Waals surface area contributed by atoms with Crippen molar-refractivity contribution in [1.82, 2.24) is 4.98 Å². The Kier molecular flexibility index (Phi) is 7.52. The van der Waals surface area contributed by atoms with Gasteiger partial charge in [0.1, 0.15) is 11.5 Å². The van der Waals surface area contributed by atoms with Crippen LogP contribution >= 0.6 is 0 Å². The number of Topliss-reactive ketones (excluding diaryl/α,β-unsaturated/α-hetero) is 1. The van der Waals surface area contributed by atoms with Crippen LogP contribution in [0.15, 0.2) is 103 Å². The number of carbonyl (C=O) groups excluding carboxylic acids is 2. The average molecular weight is 546 g/mol. The van der Waals surface area contributed by atoms with Gasteiger partial charge >= 0.3 is 0 Å². The van der Waals surface area contributed by atoms with Crippen molar-refractivity contribution < 1.29 is 19.4 Å². The first-order valence-electron chi connectivity index (χ1n) is 13.8. The monoisotopic (exact) mass is 545 g/mol. The normalized spacial score (nSPS) is 13.7. The summed E-state index contributed by atoms with van der Waals surface area (Å²) in [6.45, 7) is 1.66. The number of H-pyrrole nitrogens is 1. The maximum absolute atomic E-state index is 12.9. The molecule has 1 amide bonds. The first kappa shape index (κ1) is 26.3. The lowest BCUT2D eigenvalue weighted by molar-refractivity contribution is 0.0991. The molecule has 1 saturated heterocycles. The third kappa shape index (κ3) is 6.31. The van der Waals surface area contributed by atoms with Crippen LogP contribution in [0.1, 0.15) is 39.1 Å². The van der Waals surface area contributed by atoms with Gasteiger partial charge in [-0.05, 0) is 103 Å². The van der Waals surface area contributed by atoms with Gasteiger partial charge in [-0.25, -0.2) is 0 Å². The van der Waals surface area contributed by atoms with E-state index < -0.39 is 0 Å². The van der Waals surface area contributed by atoms with Crippen LogP contribution in [0, 0.1) is 0 Å². The fraction of sp³-hybridized carbons (Fsp3) is 0.176. The molecule has 0 atom stereocenters. The molecule has 0 aliphatic carbocycles. The smallest absolute Gasteiger partial charge is 0.255 e. The summed E-state index contributed by atoms with van der Waals surface area (Å²) in [5.74, 6) is 1.12. The van der Waals surface area contributed by atoms with Crippen LogP contribution in [0.2, 0.25) is 0 Å². The molecule has 7 nitrogen and oxygen atoms in total. The number of fused-ring (bicyclic) bond motifs is 1. The number of aromatic amines is 1. The van der Waals surface area contributed by atoms with E-state index in [1.165, 1.54) is 0 Å². The summed E-state index contributed by atoms with van der Waals surface area (Å²) in [5, 5.41) is 13.7. The van der Waals surface area contributed by atoms with Crippen molar-refractivity contribution in [3.63, 3.8) is 0 Å². The number of hydrogen-bond donors (Lipinski definition) is 3. The summed E-state index contributed by atoms with van der Waals surface area (Å²) < 4.78 is 5.95. The Morgan fingerprint density at radius 3 is 2.20 bits per heavy atom. The molecule has 0 bridgehead atoms. The number of carbonyl (C=O) groups is 2. The number of aliphatic hydroxyl groups is 1. The van der Waals surface area contributed by atoms with Gasteiger partial charge in [0, 0.05) is 53.7 Å². The molecule has 1 aliphatic heterocycles. The lowest BCUT2D eigenvalue weighted by Crippen LogP contribution is -2.35. The highest BCUT2D eigenvalue weighted by Gasteiger charge is 2.17. The molecule has 1 aliphatic rings. The van der Waals surface area contributed by atoms with Crippen LogP contribution in [0.4, 0.5) is 11.4 Å². The van der Waals surface area contributed by atoms with Gasteiger partial charge in [0.25, 0.3) is 5.91 Å². The molecular formula is C34H31N3O4. The van der Waals surface area contributed by atoms with E-state index in [2.05, 4.69) is 15.2 Å². The lowest BCUT2D eigenvalue weighted by Gasteiger charge is -2.31. The summed E-state index contributed by atoms with van der Waals surface area (Å²) in [6, 6.07) is 29.9. The van der Waals surface area contributed by atoms with Crippen LogP contribution in [0.3, 0.4) is 0 Å². The van der Waals surface area contributed by atoms with E-state index in [9.17, 15) is 14.7 Å².